The van der Waals surface area contributed by atoms with Crippen LogP contribution < -0.4 is 14.2 Å². The standard InChI is InChI=1S/C26H24FN5O5S3/c1-36-22-11-10-21-23(31-39-30-21)24(22)40(34,35)32-17-8-6-16(7-9-17)29-25(33)20-12-15(27)14-28-26(20)37-18-4-3-5-19(13-18)38-2/h3-5,10-14,17,32H,6-9H2,1-2H3. The zero-order valence-corrected chi connectivity index (χ0v) is 23.9. The van der Waals surface area contributed by atoms with E-state index in [0.717, 1.165) is 28.9 Å². The molecule has 5 rings (SSSR count). The van der Waals surface area contributed by atoms with E-state index in [-0.39, 0.29) is 33.6 Å². The van der Waals surface area contributed by atoms with Crippen molar-refractivity contribution in [2.75, 3.05) is 13.4 Å². The van der Waals surface area contributed by atoms with E-state index in [2.05, 4.69) is 23.4 Å². The van der Waals surface area contributed by atoms with Crippen LogP contribution in [0.15, 0.2) is 63.4 Å². The number of aromatic nitrogens is 3. The Balaban J connectivity index is 1.29. The first kappa shape index (κ1) is 28.1. The predicted molar refractivity (Wildman–Crippen MR) is 151 cm³/mol. The Bertz CT molecular complexity index is 1700. The first-order valence-corrected chi connectivity index (χ1v) is 15.6. The summed E-state index contributed by atoms with van der Waals surface area (Å²) in [6.45, 7) is 0. The molecule has 2 aromatic heterocycles. The molecule has 1 N–H and O–H groups in total. The van der Waals surface area contributed by atoms with Gasteiger partial charge in [0.1, 0.15) is 33.9 Å². The number of nitrogens with one attached hydrogen (secondary N) is 1. The quantitative estimate of drug-likeness (QED) is 0.269. The van der Waals surface area contributed by atoms with Gasteiger partial charge in [0.25, 0.3) is 5.91 Å². The van der Waals surface area contributed by atoms with Crippen LogP contribution in [0.5, 0.6) is 17.4 Å². The molecule has 2 aromatic carbocycles. The summed E-state index contributed by atoms with van der Waals surface area (Å²) >= 11 is 2.45. The number of rotatable bonds is 8. The van der Waals surface area contributed by atoms with Crippen molar-refractivity contribution in [1.82, 2.24) is 18.5 Å². The number of amides is 1. The Labute approximate surface area is 238 Å². The Morgan fingerprint density at radius 2 is 1.98 bits per heavy atom. The smallest absolute Gasteiger partial charge is 0.282 e. The van der Waals surface area contributed by atoms with E-state index in [1.165, 1.54) is 18.9 Å². The highest BCUT2D eigenvalue weighted by atomic mass is 32.2. The third-order valence-electron chi connectivity index (χ3n) is 6.28. The minimum atomic E-state index is -3.97. The van der Waals surface area contributed by atoms with Crippen LogP contribution in [0.2, 0.25) is 0 Å². The van der Waals surface area contributed by atoms with Crippen LogP contribution in [0.4, 0.5) is 4.39 Å². The molecular formula is C26H24FN5O5S3. The maximum absolute atomic E-state index is 14.0. The maximum atomic E-state index is 14.0. The summed E-state index contributed by atoms with van der Waals surface area (Å²) < 4.78 is 62.7. The van der Waals surface area contributed by atoms with E-state index < -0.39 is 21.7 Å². The Hall–Kier alpha value is -3.46. The second kappa shape index (κ2) is 12.0. The molecule has 1 aliphatic carbocycles. The van der Waals surface area contributed by atoms with Crippen LogP contribution in [0, 0.1) is 5.82 Å². The number of carbonyl (C=O) groups is 1. The SMILES string of the molecule is COc1ccc2nsnc2c1S(=O)(=O)NC1CCC(=NC(=O)c2cc(F)cnc2Oc2cccc(SC)c2)CC1. The molecule has 0 aliphatic heterocycles. The summed E-state index contributed by atoms with van der Waals surface area (Å²) in [6.07, 6.45) is 4.51. The number of nitrogens with zero attached hydrogens (tertiary/aromatic N) is 4. The molecule has 2 heterocycles. The number of halogens is 1. The molecule has 0 spiro atoms. The fourth-order valence-electron chi connectivity index (χ4n) is 4.33. The molecule has 1 amide bonds. The minimum Gasteiger partial charge on any atom is -0.495 e. The largest absolute Gasteiger partial charge is 0.495 e. The second-order valence-corrected chi connectivity index (χ2v) is 12.0. The summed E-state index contributed by atoms with van der Waals surface area (Å²) in [5, 5.41) is 0. The number of aliphatic imine (C=N–C) groups is 1. The predicted octanol–water partition coefficient (Wildman–Crippen LogP) is 5.25. The van der Waals surface area contributed by atoms with Crippen LogP contribution in [0.3, 0.4) is 0 Å². The van der Waals surface area contributed by atoms with Gasteiger partial charge in [-0.05, 0) is 68.3 Å². The van der Waals surface area contributed by atoms with Crippen molar-refractivity contribution in [1.29, 1.82) is 0 Å². The molecule has 0 atom stereocenters. The lowest BCUT2D eigenvalue weighted by Crippen LogP contribution is -2.38. The number of pyridine rings is 1. The maximum Gasteiger partial charge on any atom is 0.282 e. The summed E-state index contributed by atoms with van der Waals surface area (Å²) in [7, 11) is -2.58. The van der Waals surface area contributed by atoms with Gasteiger partial charge in [-0.15, -0.1) is 11.8 Å². The van der Waals surface area contributed by atoms with Gasteiger partial charge >= 0.3 is 0 Å². The van der Waals surface area contributed by atoms with Gasteiger partial charge in [-0.25, -0.2) is 27.5 Å². The molecule has 1 fully saturated rings. The monoisotopic (exact) mass is 601 g/mol. The first-order chi connectivity index (χ1) is 19.3. The van der Waals surface area contributed by atoms with Crippen molar-refractivity contribution in [3.8, 4) is 17.4 Å². The van der Waals surface area contributed by atoms with Crippen LogP contribution in [0.1, 0.15) is 36.0 Å². The summed E-state index contributed by atoms with van der Waals surface area (Å²) in [4.78, 5) is 22.1. The van der Waals surface area contributed by atoms with Gasteiger partial charge in [0.15, 0.2) is 4.90 Å². The van der Waals surface area contributed by atoms with Crippen molar-refractivity contribution in [3.05, 3.63) is 60.0 Å². The van der Waals surface area contributed by atoms with Crippen LogP contribution in [-0.2, 0) is 10.0 Å². The highest BCUT2D eigenvalue weighted by Gasteiger charge is 2.30. The van der Waals surface area contributed by atoms with E-state index in [0.29, 0.717) is 42.7 Å². The molecule has 0 bridgehead atoms. The lowest BCUT2D eigenvalue weighted by Gasteiger charge is -2.24. The Morgan fingerprint density at radius 3 is 2.73 bits per heavy atom. The molecule has 40 heavy (non-hydrogen) atoms. The molecule has 10 nitrogen and oxygen atoms in total. The fraction of sp³-hybridized carbons (Fsp3) is 0.269. The summed E-state index contributed by atoms with van der Waals surface area (Å²) in [6, 6.07) is 11.1. The second-order valence-electron chi connectivity index (χ2n) is 8.89. The Morgan fingerprint density at radius 1 is 1.18 bits per heavy atom. The van der Waals surface area contributed by atoms with Gasteiger partial charge in [0.2, 0.25) is 15.9 Å². The van der Waals surface area contributed by atoms with Gasteiger partial charge in [-0.3, -0.25) is 4.79 Å². The molecule has 0 saturated heterocycles. The number of thioether (sulfide) groups is 1. The average molecular weight is 602 g/mol. The number of hydrogen-bond acceptors (Lipinski definition) is 10. The van der Waals surface area contributed by atoms with Crippen molar-refractivity contribution in [2.24, 2.45) is 4.99 Å². The van der Waals surface area contributed by atoms with E-state index in [9.17, 15) is 17.6 Å². The number of hydrogen-bond donors (Lipinski definition) is 1. The van der Waals surface area contributed by atoms with Crippen molar-refractivity contribution in [2.45, 2.75) is 41.5 Å². The molecule has 0 radical (unpaired) electrons. The number of ether oxygens (including phenoxy) is 2. The van der Waals surface area contributed by atoms with Gasteiger partial charge < -0.3 is 9.47 Å². The number of carbonyl (C=O) groups excluding carboxylic acids is 1. The fourth-order valence-corrected chi connectivity index (χ4v) is 6.99. The van der Waals surface area contributed by atoms with E-state index in [1.807, 2.05) is 18.4 Å². The van der Waals surface area contributed by atoms with Crippen molar-refractivity contribution >= 4 is 56.2 Å². The summed E-state index contributed by atoms with van der Waals surface area (Å²) in [5.74, 6) is -0.772. The van der Waals surface area contributed by atoms with E-state index in [4.69, 9.17) is 9.47 Å². The summed E-state index contributed by atoms with van der Waals surface area (Å²) in [5.41, 5.74) is 1.21. The lowest BCUT2D eigenvalue weighted by molar-refractivity contribution is 0.0998. The first-order valence-electron chi connectivity index (χ1n) is 12.2. The van der Waals surface area contributed by atoms with Crippen LogP contribution in [-0.4, -0.2) is 53.2 Å². The zero-order chi connectivity index (χ0) is 28.3. The van der Waals surface area contributed by atoms with Crippen molar-refractivity contribution < 1.29 is 27.1 Å². The van der Waals surface area contributed by atoms with Gasteiger partial charge in [0.05, 0.1) is 25.0 Å². The lowest BCUT2D eigenvalue weighted by atomic mass is 9.94. The number of methoxy groups -OCH3 is 1. The zero-order valence-electron chi connectivity index (χ0n) is 21.5. The highest BCUT2D eigenvalue weighted by Crippen LogP contribution is 2.32. The average Bonchev–Trinajstić information content (AvgIpc) is 3.43. The van der Waals surface area contributed by atoms with Gasteiger partial charge in [-0.2, -0.15) is 8.75 Å². The topological polar surface area (TPSA) is 133 Å². The molecule has 1 saturated carbocycles. The van der Waals surface area contributed by atoms with Gasteiger partial charge in [0, 0.05) is 16.6 Å². The molecule has 1 aliphatic rings. The number of benzene rings is 2. The minimum absolute atomic E-state index is 0.0462. The Kier molecular flexibility index (Phi) is 8.40. The molecule has 14 heteroatoms. The number of sulfonamides is 1. The normalized spacial score (nSPS) is 15.7. The van der Waals surface area contributed by atoms with E-state index >= 15 is 0 Å². The third-order valence-corrected chi connectivity index (χ3v) is 9.13. The van der Waals surface area contributed by atoms with Crippen molar-refractivity contribution in [3.63, 3.8) is 0 Å². The third kappa shape index (κ3) is 6.14. The molecule has 208 valence electrons. The molecule has 4 aromatic rings. The molecular weight excluding hydrogens is 578 g/mol. The highest BCUT2D eigenvalue weighted by molar-refractivity contribution is 7.98. The molecule has 0 unspecified atom stereocenters. The van der Waals surface area contributed by atoms with E-state index in [1.54, 1.807) is 24.3 Å². The van der Waals surface area contributed by atoms with Gasteiger partial charge in [-0.1, -0.05) is 6.07 Å². The van der Waals surface area contributed by atoms with Crippen LogP contribution >= 0.6 is 23.5 Å². The van der Waals surface area contributed by atoms with Crippen LogP contribution in [0.25, 0.3) is 11.0 Å². The number of fused-ring (bicyclic) bond motifs is 1.